The van der Waals surface area contributed by atoms with Gasteiger partial charge in [0.2, 0.25) is 0 Å². The van der Waals surface area contributed by atoms with E-state index in [1.165, 1.54) is 11.1 Å². The summed E-state index contributed by atoms with van der Waals surface area (Å²) in [6, 6.07) is 16.3. The van der Waals surface area contributed by atoms with E-state index >= 15 is 0 Å². The Labute approximate surface area is 130 Å². The fourth-order valence-electron chi connectivity index (χ4n) is 4.52. The summed E-state index contributed by atoms with van der Waals surface area (Å²) in [5.74, 6) is 0.302. The van der Waals surface area contributed by atoms with Gasteiger partial charge in [0.05, 0.1) is 6.61 Å². The Balaban J connectivity index is 2.04. The lowest BCUT2D eigenvalue weighted by molar-refractivity contribution is -0.132. The highest BCUT2D eigenvalue weighted by molar-refractivity contribution is 5.59. The van der Waals surface area contributed by atoms with E-state index in [0.717, 1.165) is 11.1 Å². The zero-order valence-electron chi connectivity index (χ0n) is 12.8. The quantitative estimate of drug-likeness (QED) is 0.946. The Kier molecular flexibility index (Phi) is 3.12. The first-order valence-electron chi connectivity index (χ1n) is 7.66. The second kappa shape index (κ2) is 4.92. The largest absolute Gasteiger partial charge is 0.384 e. The SMILES string of the molecule is COC[C@H]1C2c3ccccc3C(O)(c3ccccc32)[C@H]1OC. The topological polar surface area (TPSA) is 38.7 Å². The van der Waals surface area contributed by atoms with Crippen molar-refractivity contribution < 1.29 is 14.6 Å². The minimum Gasteiger partial charge on any atom is -0.384 e. The Morgan fingerprint density at radius 3 is 2.00 bits per heavy atom. The third kappa shape index (κ3) is 1.56. The van der Waals surface area contributed by atoms with E-state index in [0.29, 0.717) is 6.61 Å². The number of benzene rings is 2. The molecule has 2 atom stereocenters. The number of methoxy groups -OCH3 is 2. The maximum atomic E-state index is 11.7. The summed E-state index contributed by atoms with van der Waals surface area (Å²) < 4.78 is 11.2. The summed E-state index contributed by atoms with van der Waals surface area (Å²) in [6.07, 6.45) is -0.303. The Hall–Kier alpha value is -1.68. The highest BCUT2D eigenvalue weighted by Gasteiger charge is 2.58. The first-order chi connectivity index (χ1) is 10.7. The first kappa shape index (κ1) is 13.9. The number of fused-ring (bicyclic) bond motifs is 1. The number of hydrogen-bond donors (Lipinski definition) is 1. The van der Waals surface area contributed by atoms with Gasteiger partial charge in [-0.05, 0) is 22.3 Å². The van der Waals surface area contributed by atoms with Crippen molar-refractivity contribution in [3.8, 4) is 0 Å². The maximum absolute atomic E-state index is 11.7. The number of rotatable bonds is 3. The fraction of sp³-hybridized carbons (Fsp3) is 0.368. The van der Waals surface area contributed by atoms with Crippen LogP contribution in [-0.2, 0) is 15.1 Å². The predicted molar refractivity (Wildman–Crippen MR) is 83.9 cm³/mol. The summed E-state index contributed by atoms with van der Waals surface area (Å²) in [5.41, 5.74) is 3.22. The van der Waals surface area contributed by atoms with Crippen molar-refractivity contribution in [2.75, 3.05) is 20.8 Å². The Morgan fingerprint density at radius 1 is 0.955 bits per heavy atom. The van der Waals surface area contributed by atoms with Gasteiger partial charge >= 0.3 is 0 Å². The number of ether oxygens (including phenoxy) is 2. The lowest BCUT2D eigenvalue weighted by Crippen LogP contribution is -2.57. The summed E-state index contributed by atoms with van der Waals surface area (Å²) in [6.45, 7) is 0.564. The summed E-state index contributed by atoms with van der Waals surface area (Å²) >= 11 is 0. The van der Waals surface area contributed by atoms with Gasteiger partial charge in [-0.3, -0.25) is 0 Å². The van der Waals surface area contributed by atoms with E-state index in [9.17, 15) is 5.11 Å². The highest BCUT2D eigenvalue weighted by atomic mass is 16.5. The van der Waals surface area contributed by atoms with Crippen molar-refractivity contribution in [3.63, 3.8) is 0 Å². The molecule has 2 aromatic rings. The van der Waals surface area contributed by atoms with Crippen LogP contribution in [0, 0.1) is 5.92 Å². The monoisotopic (exact) mass is 296 g/mol. The molecule has 0 unspecified atom stereocenters. The zero-order valence-corrected chi connectivity index (χ0v) is 12.8. The molecule has 22 heavy (non-hydrogen) atoms. The Morgan fingerprint density at radius 2 is 1.50 bits per heavy atom. The molecule has 2 bridgehead atoms. The van der Waals surface area contributed by atoms with Gasteiger partial charge in [-0.2, -0.15) is 0 Å². The van der Waals surface area contributed by atoms with Crippen molar-refractivity contribution in [3.05, 3.63) is 70.8 Å². The fourth-order valence-corrected chi connectivity index (χ4v) is 4.52. The van der Waals surface area contributed by atoms with Crippen molar-refractivity contribution in [1.82, 2.24) is 0 Å². The molecule has 0 aromatic heterocycles. The standard InChI is InChI=1S/C19H20O3/c1-21-11-14-17-12-7-3-5-9-15(12)19(20,18(14)22-2)16-10-6-4-8-13(16)17/h3-10,14,17-18,20H,11H2,1-2H3/t14-,17?,18-,19?/m0/s1. The van der Waals surface area contributed by atoms with Gasteiger partial charge in [0.1, 0.15) is 11.7 Å². The van der Waals surface area contributed by atoms with Gasteiger partial charge in [-0.25, -0.2) is 0 Å². The van der Waals surface area contributed by atoms with Gasteiger partial charge in [-0.15, -0.1) is 0 Å². The van der Waals surface area contributed by atoms with E-state index in [2.05, 4.69) is 12.1 Å². The van der Waals surface area contributed by atoms with Crippen LogP contribution < -0.4 is 0 Å². The molecule has 1 N–H and O–H groups in total. The van der Waals surface area contributed by atoms with E-state index in [4.69, 9.17) is 9.47 Å². The van der Waals surface area contributed by atoms with Crippen molar-refractivity contribution >= 4 is 0 Å². The van der Waals surface area contributed by atoms with Crippen LogP contribution in [0.2, 0.25) is 0 Å². The molecule has 0 saturated heterocycles. The average Bonchev–Trinajstić information content (AvgIpc) is 2.56. The molecule has 2 aromatic carbocycles. The third-order valence-electron chi connectivity index (χ3n) is 5.25. The molecule has 0 amide bonds. The van der Waals surface area contributed by atoms with Crippen LogP contribution in [0.3, 0.4) is 0 Å². The molecule has 5 rings (SSSR count). The first-order valence-corrected chi connectivity index (χ1v) is 7.66. The van der Waals surface area contributed by atoms with E-state index in [1.54, 1.807) is 14.2 Å². The molecule has 0 spiro atoms. The molecular weight excluding hydrogens is 276 g/mol. The Bertz CT molecular complexity index is 662. The van der Waals surface area contributed by atoms with Crippen LogP contribution in [0.5, 0.6) is 0 Å². The third-order valence-corrected chi connectivity index (χ3v) is 5.25. The lowest BCUT2D eigenvalue weighted by atomic mass is 9.55. The van der Waals surface area contributed by atoms with Gasteiger partial charge < -0.3 is 14.6 Å². The van der Waals surface area contributed by atoms with Gasteiger partial charge in [0.15, 0.2) is 0 Å². The van der Waals surface area contributed by atoms with Gasteiger partial charge in [0.25, 0.3) is 0 Å². The van der Waals surface area contributed by atoms with Gasteiger partial charge in [-0.1, -0.05) is 48.5 Å². The smallest absolute Gasteiger partial charge is 0.142 e. The molecule has 0 radical (unpaired) electrons. The van der Waals surface area contributed by atoms with Gasteiger partial charge in [0, 0.05) is 26.1 Å². The van der Waals surface area contributed by atoms with Crippen LogP contribution in [-0.4, -0.2) is 32.0 Å². The molecule has 0 saturated carbocycles. The summed E-state index contributed by atoms with van der Waals surface area (Å²) in [4.78, 5) is 0. The highest BCUT2D eigenvalue weighted by Crippen LogP contribution is 2.58. The van der Waals surface area contributed by atoms with E-state index in [1.807, 2.05) is 36.4 Å². The average molecular weight is 296 g/mol. The summed E-state index contributed by atoms with van der Waals surface area (Å²) in [7, 11) is 3.38. The van der Waals surface area contributed by atoms with Crippen LogP contribution in [0.4, 0.5) is 0 Å². The normalized spacial score (nSPS) is 31.7. The second-order valence-electron chi connectivity index (χ2n) is 6.19. The molecule has 0 aliphatic heterocycles. The van der Waals surface area contributed by atoms with Crippen LogP contribution in [0.15, 0.2) is 48.5 Å². The van der Waals surface area contributed by atoms with E-state index in [-0.39, 0.29) is 17.9 Å². The molecule has 0 fully saturated rings. The van der Waals surface area contributed by atoms with Crippen molar-refractivity contribution in [2.45, 2.75) is 17.6 Å². The summed E-state index contributed by atoms with van der Waals surface area (Å²) in [5, 5.41) is 11.7. The van der Waals surface area contributed by atoms with Crippen molar-refractivity contribution in [1.29, 1.82) is 0 Å². The minimum atomic E-state index is -1.11. The molecule has 3 nitrogen and oxygen atoms in total. The zero-order chi connectivity index (χ0) is 15.3. The molecule has 3 aliphatic carbocycles. The molecule has 0 heterocycles. The van der Waals surface area contributed by atoms with Crippen LogP contribution >= 0.6 is 0 Å². The molecule has 3 heteroatoms. The van der Waals surface area contributed by atoms with Crippen LogP contribution in [0.1, 0.15) is 28.2 Å². The molecular formula is C19H20O3. The van der Waals surface area contributed by atoms with Crippen molar-refractivity contribution in [2.24, 2.45) is 5.92 Å². The van der Waals surface area contributed by atoms with Crippen LogP contribution in [0.25, 0.3) is 0 Å². The lowest BCUT2D eigenvalue weighted by Gasteiger charge is -2.54. The minimum absolute atomic E-state index is 0.102. The number of hydrogen-bond acceptors (Lipinski definition) is 3. The molecule has 3 aliphatic rings. The molecule has 114 valence electrons. The second-order valence-corrected chi connectivity index (χ2v) is 6.19. The maximum Gasteiger partial charge on any atom is 0.142 e. The predicted octanol–water partition coefficient (Wildman–Crippen LogP) is 2.66. The number of aliphatic hydroxyl groups is 1. The van der Waals surface area contributed by atoms with E-state index < -0.39 is 5.60 Å².